The zero-order chi connectivity index (χ0) is 22.6. The van der Waals surface area contributed by atoms with Gasteiger partial charge in [0.05, 0.1) is 11.0 Å². The lowest BCUT2D eigenvalue weighted by molar-refractivity contribution is -0.124. The maximum atomic E-state index is 13.3. The monoisotopic (exact) mass is 464 g/mol. The van der Waals surface area contributed by atoms with Crippen LogP contribution in [0.5, 0.6) is 0 Å². The van der Waals surface area contributed by atoms with E-state index in [-0.39, 0.29) is 17.9 Å². The number of hydrogen-bond acceptors (Lipinski definition) is 4. The van der Waals surface area contributed by atoms with Crippen LogP contribution in [0.4, 0.5) is 5.82 Å². The normalized spacial score (nSPS) is 27.2. The highest BCUT2D eigenvalue weighted by Gasteiger charge is 2.53. The predicted octanol–water partition coefficient (Wildman–Crippen LogP) is 3.98. The summed E-state index contributed by atoms with van der Waals surface area (Å²) in [4.78, 5) is 32.6. The van der Waals surface area contributed by atoms with Crippen molar-refractivity contribution in [2.24, 2.45) is 0 Å². The number of anilines is 1. The molecule has 4 aliphatic rings. The first-order chi connectivity index (χ1) is 16.0. The van der Waals surface area contributed by atoms with Gasteiger partial charge < -0.3 is 15.5 Å². The van der Waals surface area contributed by atoms with Gasteiger partial charge in [-0.25, -0.2) is 4.98 Å². The van der Waals surface area contributed by atoms with Crippen LogP contribution >= 0.6 is 11.6 Å². The van der Waals surface area contributed by atoms with Crippen LogP contribution in [0, 0.1) is 0 Å². The van der Waals surface area contributed by atoms with E-state index in [2.05, 4.69) is 20.5 Å². The molecule has 2 aliphatic heterocycles. The van der Waals surface area contributed by atoms with Gasteiger partial charge in [0.1, 0.15) is 5.82 Å². The van der Waals surface area contributed by atoms with Gasteiger partial charge in [0.2, 0.25) is 5.91 Å². The third kappa shape index (κ3) is 3.88. The van der Waals surface area contributed by atoms with Gasteiger partial charge >= 0.3 is 0 Å². The van der Waals surface area contributed by atoms with Crippen LogP contribution in [0.1, 0.15) is 67.3 Å². The highest BCUT2D eigenvalue weighted by molar-refractivity contribution is 6.31. The third-order valence-corrected chi connectivity index (χ3v) is 8.16. The number of amides is 2. The molecule has 2 saturated carbocycles. The van der Waals surface area contributed by atoms with Crippen molar-refractivity contribution < 1.29 is 9.59 Å². The maximum absolute atomic E-state index is 13.3. The molecule has 1 aromatic heterocycles. The van der Waals surface area contributed by atoms with Gasteiger partial charge in [-0.2, -0.15) is 0 Å². The van der Waals surface area contributed by atoms with Gasteiger partial charge in [-0.3, -0.25) is 9.59 Å². The number of piperidine rings is 1. The summed E-state index contributed by atoms with van der Waals surface area (Å²) in [5.74, 6) is 1.02. The molecule has 0 radical (unpaired) electrons. The number of nitrogens with one attached hydrogen (secondary N) is 2. The second-order valence-corrected chi connectivity index (χ2v) is 10.6. The van der Waals surface area contributed by atoms with Crippen LogP contribution in [-0.2, 0) is 10.2 Å². The minimum atomic E-state index is -0.451. The number of aromatic nitrogens is 1. The van der Waals surface area contributed by atoms with Crippen LogP contribution in [0.25, 0.3) is 0 Å². The highest BCUT2D eigenvalue weighted by Crippen LogP contribution is 2.51. The number of benzene rings is 1. The van der Waals surface area contributed by atoms with Gasteiger partial charge in [-0.05, 0) is 75.1 Å². The van der Waals surface area contributed by atoms with Gasteiger partial charge in [0.15, 0.2) is 0 Å². The number of halogens is 1. The molecule has 0 spiro atoms. The molecule has 6 nitrogen and oxygen atoms in total. The van der Waals surface area contributed by atoms with E-state index in [4.69, 9.17) is 11.6 Å². The van der Waals surface area contributed by atoms with Crippen molar-refractivity contribution in [2.75, 3.05) is 4.90 Å². The lowest BCUT2D eigenvalue weighted by atomic mass is 9.92. The summed E-state index contributed by atoms with van der Waals surface area (Å²) in [7, 11) is 0. The number of nitrogens with zero attached hydrogens (tertiary/aromatic N) is 2. The Balaban J connectivity index is 1.11. The number of carbonyl (C=O) groups excluding carboxylic acids is 2. The number of fused-ring (bicyclic) bond motifs is 2. The standard InChI is InChI=1S/C26H29ClN4O2/c27-22-4-2-1-3-21(22)26(11-12-26)25(33)30-18-13-19-8-9-20(14-18)31(19)23-10-5-16(15-28-23)24(32)29-17-6-7-17/h1-5,10,15,17-20H,6-9,11-14H2,(H,29,32)(H,30,33)/t18-,19+,20-. The number of carbonyl (C=O) groups is 2. The molecule has 6 rings (SSSR count). The zero-order valence-corrected chi connectivity index (χ0v) is 19.4. The Hall–Kier alpha value is -2.60. The second kappa shape index (κ2) is 8.01. The largest absolute Gasteiger partial charge is 0.352 e. The first kappa shape index (κ1) is 21.0. The van der Waals surface area contributed by atoms with Crippen molar-refractivity contribution >= 4 is 29.2 Å². The molecule has 1 aromatic carbocycles. The topological polar surface area (TPSA) is 74.3 Å². The summed E-state index contributed by atoms with van der Waals surface area (Å²) in [6, 6.07) is 12.8. The van der Waals surface area contributed by atoms with Crippen molar-refractivity contribution in [3.8, 4) is 0 Å². The molecular weight excluding hydrogens is 436 g/mol. The molecule has 0 unspecified atom stereocenters. The molecule has 3 atom stereocenters. The summed E-state index contributed by atoms with van der Waals surface area (Å²) in [5.41, 5.74) is 1.13. The molecule has 2 N–H and O–H groups in total. The Morgan fingerprint density at radius 2 is 1.67 bits per heavy atom. The van der Waals surface area contributed by atoms with Crippen LogP contribution in [0.15, 0.2) is 42.6 Å². The van der Waals surface area contributed by atoms with Gasteiger partial charge in [-0.15, -0.1) is 0 Å². The molecule has 2 saturated heterocycles. The van der Waals surface area contributed by atoms with E-state index in [1.54, 1.807) is 6.20 Å². The van der Waals surface area contributed by atoms with Crippen LogP contribution < -0.4 is 15.5 Å². The summed E-state index contributed by atoms with van der Waals surface area (Å²) < 4.78 is 0. The summed E-state index contributed by atoms with van der Waals surface area (Å²) >= 11 is 6.42. The summed E-state index contributed by atoms with van der Waals surface area (Å²) in [5, 5.41) is 7.07. The Labute approximate surface area is 199 Å². The maximum Gasteiger partial charge on any atom is 0.253 e. The van der Waals surface area contributed by atoms with Crippen molar-refractivity contribution in [1.29, 1.82) is 0 Å². The first-order valence-corrected chi connectivity index (χ1v) is 12.5. The van der Waals surface area contributed by atoms with Gasteiger partial charge in [0.25, 0.3) is 5.91 Å². The second-order valence-electron chi connectivity index (χ2n) is 10.1. The van der Waals surface area contributed by atoms with Crippen LogP contribution in [-0.4, -0.2) is 41.0 Å². The number of pyridine rings is 1. The Morgan fingerprint density at radius 1 is 0.939 bits per heavy atom. The Kier molecular flexibility index (Phi) is 5.09. The Morgan fingerprint density at radius 3 is 2.27 bits per heavy atom. The minimum absolute atomic E-state index is 0.0338. The molecule has 2 aromatic rings. The minimum Gasteiger partial charge on any atom is -0.352 e. The van der Waals surface area contributed by atoms with E-state index in [1.165, 1.54) is 0 Å². The fraction of sp³-hybridized carbons (Fsp3) is 0.500. The number of rotatable bonds is 6. The smallest absolute Gasteiger partial charge is 0.253 e. The van der Waals surface area contributed by atoms with Gasteiger partial charge in [-0.1, -0.05) is 29.8 Å². The van der Waals surface area contributed by atoms with Crippen molar-refractivity contribution in [2.45, 2.75) is 80.9 Å². The quantitative estimate of drug-likeness (QED) is 0.678. The van der Waals surface area contributed by atoms with E-state index in [9.17, 15) is 9.59 Å². The number of hydrogen-bond donors (Lipinski definition) is 2. The van der Waals surface area contributed by atoms with E-state index in [1.807, 2.05) is 36.4 Å². The highest BCUT2D eigenvalue weighted by atomic mass is 35.5. The molecule has 2 bridgehead atoms. The molecule has 2 aliphatic carbocycles. The molecule has 33 heavy (non-hydrogen) atoms. The SMILES string of the molecule is O=C(NC1CC1)c1ccc(N2[C@@H]3CC[C@H]2C[C@@H](NC(=O)C2(c4ccccc4Cl)CC2)C3)nc1. The van der Waals surface area contributed by atoms with E-state index < -0.39 is 5.41 Å². The lowest BCUT2D eigenvalue weighted by Crippen LogP contribution is -2.52. The summed E-state index contributed by atoms with van der Waals surface area (Å²) in [6.45, 7) is 0. The van der Waals surface area contributed by atoms with Crippen molar-refractivity contribution in [1.82, 2.24) is 15.6 Å². The molecule has 7 heteroatoms. The molecule has 172 valence electrons. The zero-order valence-electron chi connectivity index (χ0n) is 18.6. The lowest BCUT2D eigenvalue weighted by Gasteiger charge is -2.40. The van der Waals surface area contributed by atoms with E-state index in [0.29, 0.717) is 28.7 Å². The Bertz CT molecular complexity index is 1070. The van der Waals surface area contributed by atoms with Crippen LogP contribution in [0.3, 0.4) is 0 Å². The molecule has 2 amide bonds. The molecular formula is C26H29ClN4O2. The molecule has 4 fully saturated rings. The molecule has 3 heterocycles. The van der Waals surface area contributed by atoms with Crippen LogP contribution in [0.2, 0.25) is 5.02 Å². The van der Waals surface area contributed by atoms with E-state index in [0.717, 1.165) is 62.7 Å². The summed E-state index contributed by atoms with van der Waals surface area (Å²) in [6.07, 6.45) is 9.63. The fourth-order valence-electron chi connectivity index (χ4n) is 5.76. The first-order valence-electron chi connectivity index (χ1n) is 12.1. The average molecular weight is 465 g/mol. The fourth-order valence-corrected chi connectivity index (χ4v) is 6.07. The van der Waals surface area contributed by atoms with Crippen molar-refractivity contribution in [3.63, 3.8) is 0 Å². The van der Waals surface area contributed by atoms with Crippen molar-refractivity contribution in [3.05, 3.63) is 58.7 Å². The average Bonchev–Trinajstić information content (AvgIpc) is 3.73. The third-order valence-electron chi connectivity index (χ3n) is 7.83. The predicted molar refractivity (Wildman–Crippen MR) is 128 cm³/mol. The van der Waals surface area contributed by atoms with E-state index >= 15 is 0 Å². The van der Waals surface area contributed by atoms with Gasteiger partial charge in [0, 0.05) is 35.4 Å².